The number of hydrogen-bond acceptors (Lipinski definition) is 3. The van der Waals surface area contributed by atoms with Crippen molar-refractivity contribution in [1.29, 1.82) is 0 Å². The summed E-state index contributed by atoms with van der Waals surface area (Å²) in [6.07, 6.45) is 0. The molecule has 1 aromatic carbocycles. The lowest BCUT2D eigenvalue weighted by Gasteiger charge is -2.02. The van der Waals surface area contributed by atoms with Gasteiger partial charge < -0.3 is 14.0 Å². The summed E-state index contributed by atoms with van der Waals surface area (Å²) in [4.78, 5) is 7.06. The van der Waals surface area contributed by atoms with Crippen molar-refractivity contribution >= 4 is 23.3 Å². The Balaban J connectivity index is 2.18. The van der Waals surface area contributed by atoms with Crippen molar-refractivity contribution in [2.45, 2.75) is 20.4 Å². The number of nitrogens with zero attached hydrogens (tertiary/aromatic N) is 2. The van der Waals surface area contributed by atoms with Gasteiger partial charge in [0.05, 0.1) is 11.2 Å². The number of nitrogens with one attached hydrogen (secondary N) is 1. The van der Waals surface area contributed by atoms with Crippen molar-refractivity contribution in [2.75, 3.05) is 0 Å². The van der Waals surface area contributed by atoms with E-state index < -0.39 is 11.6 Å². The number of halogens is 2. The largest absolute Gasteiger partial charge is 0.444 e. The van der Waals surface area contributed by atoms with Gasteiger partial charge in [0.25, 0.3) is 0 Å². The number of H-pyrrole nitrogens is 1. The molecule has 4 nitrogen and oxygen atoms in total. The second kappa shape index (κ2) is 4.52. The maximum absolute atomic E-state index is 13.9. The van der Waals surface area contributed by atoms with Crippen molar-refractivity contribution < 1.29 is 13.2 Å². The van der Waals surface area contributed by atoms with Crippen molar-refractivity contribution in [3.05, 3.63) is 45.9 Å². The summed E-state index contributed by atoms with van der Waals surface area (Å²) >= 11 is 5.14. The first-order chi connectivity index (χ1) is 9.47. The molecule has 2 heterocycles. The molecule has 1 N–H and O–H groups in total. The molecule has 0 aliphatic rings. The molecule has 3 aromatic rings. The van der Waals surface area contributed by atoms with Crippen LogP contribution in [0.3, 0.4) is 0 Å². The van der Waals surface area contributed by atoms with Crippen LogP contribution in [-0.4, -0.2) is 14.5 Å². The lowest BCUT2D eigenvalue weighted by atomic mass is 10.3. The van der Waals surface area contributed by atoms with E-state index in [4.69, 9.17) is 16.6 Å². The van der Waals surface area contributed by atoms with E-state index in [0.29, 0.717) is 17.2 Å². The Morgan fingerprint density at radius 1 is 1.35 bits per heavy atom. The fourth-order valence-electron chi connectivity index (χ4n) is 2.08. The van der Waals surface area contributed by atoms with Gasteiger partial charge in [-0.2, -0.15) is 0 Å². The summed E-state index contributed by atoms with van der Waals surface area (Å²) in [5.74, 6) is -0.756. The molecular formula is C13H11F2N3OS. The maximum atomic E-state index is 13.9. The summed E-state index contributed by atoms with van der Waals surface area (Å²) in [5, 5.41) is 0. The molecule has 2 aromatic heterocycles. The molecule has 0 spiro atoms. The predicted molar refractivity (Wildman–Crippen MR) is 72.1 cm³/mol. The Morgan fingerprint density at radius 3 is 2.75 bits per heavy atom. The normalized spacial score (nSPS) is 11.4. The van der Waals surface area contributed by atoms with Crippen LogP contribution in [0.15, 0.2) is 16.5 Å². The molecule has 0 atom stereocenters. The van der Waals surface area contributed by atoms with Gasteiger partial charge in [-0.25, -0.2) is 13.8 Å². The molecule has 20 heavy (non-hydrogen) atoms. The van der Waals surface area contributed by atoms with E-state index >= 15 is 0 Å². The molecular weight excluding hydrogens is 284 g/mol. The molecule has 7 heteroatoms. The molecule has 0 saturated heterocycles. The van der Waals surface area contributed by atoms with E-state index in [0.717, 1.165) is 11.8 Å². The number of benzene rings is 1. The molecule has 0 aliphatic heterocycles. The number of imidazole rings is 1. The zero-order chi connectivity index (χ0) is 14.4. The van der Waals surface area contributed by atoms with Gasteiger partial charge in [0.15, 0.2) is 16.4 Å². The minimum Gasteiger partial charge on any atom is -0.444 e. The fourth-order valence-corrected chi connectivity index (χ4v) is 2.35. The van der Waals surface area contributed by atoms with Gasteiger partial charge in [0.2, 0.25) is 5.89 Å². The van der Waals surface area contributed by atoms with Gasteiger partial charge in [0, 0.05) is 0 Å². The van der Waals surface area contributed by atoms with Crippen LogP contribution in [-0.2, 0) is 6.54 Å². The molecule has 0 fully saturated rings. The van der Waals surface area contributed by atoms with E-state index in [-0.39, 0.29) is 16.8 Å². The van der Waals surface area contributed by atoms with Crippen LogP contribution in [0.4, 0.5) is 8.78 Å². The number of aryl methyl sites for hydroxylation is 2. The van der Waals surface area contributed by atoms with Gasteiger partial charge in [0.1, 0.15) is 17.8 Å². The summed E-state index contributed by atoms with van der Waals surface area (Å²) in [7, 11) is 0. The second-order valence-corrected chi connectivity index (χ2v) is 4.91. The summed E-state index contributed by atoms with van der Waals surface area (Å²) in [6.45, 7) is 3.76. The quantitative estimate of drug-likeness (QED) is 0.734. The second-order valence-electron chi connectivity index (χ2n) is 4.52. The van der Waals surface area contributed by atoms with Crippen molar-refractivity contribution in [3.63, 3.8) is 0 Å². The first kappa shape index (κ1) is 13.0. The van der Waals surface area contributed by atoms with Crippen LogP contribution in [0.5, 0.6) is 0 Å². The van der Waals surface area contributed by atoms with E-state index in [1.165, 1.54) is 10.6 Å². The first-order valence-corrected chi connectivity index (χ1v) is 6.37. The van der Waals surface area contributed by atoms with Crippen LogP contribution in [0, 0.1) is 30.3 Å². The average Bonchev–Trinajstić information content (AvgIpc) is 2.87. The molecule has 3 rings (SSSR count). The molecule has 104 valence electrons. The van der Waals surface area contributed by atoms with E-state index in [1.54, 1.807) is 6.92 Å². The standard InChI is InChI=1S/C13H11F2N3OS/c1-6-7(2)19-10(16-6)5-18-12-9(17-13(18)20)4-3-8(14)11(12)15/h3-4H,5H2,1-2H3,(H,17,20). The van der Waals surface area contributed by atoms with Crippen LogP contribution in [0.1, 0.15) is 17.3 Å². The monoisotopic (exact) mass is 295 g/mol. The van der Waals surface area contributed by atoms with Gasteiger partial charge in [-0.15, -0.1) is 0 Å². The third-order valence-corrected chi connectivity index (χ3v) is 3.51. The summed E-state index contributed by atoms with van der Waals surface area (Å²) < 4.78 is 34.5. The Hall–Kier alpha value is -2.02. The van der Waals surface area contributed by atoms with E-state index in [2.05, 4.69) is 9.97 Å². The number of fused-ring (bicyclic) bond motifs is 1. The highest BCUT2D eigenvalue weighted by Crippen LogP contribution is 2.22. The molecule has 0 bridgehead atoms. The smallest absolute Gasteiger partial charge is 0.214 e. The minimum atomic E-state index is -0.935. The molecule has 0 amide bonds. The van der Waals surface area contributed by atoms with Crippen molar-refractivity contribution in [2.24, 2.45) is 0 Å². The maximum Gasteiger partial charge on any atom is 0.214 e. The van der Waals surface area contributed by atoms with Gasteiger partial charge in [-0.1, -0.05) is 0 Å². The highest BCUT2D eigenvalue weighted by molar-refractivity contribution is 7.71. The fraction of sp³-hybridized carbons (Fsp3) is 0.231. The Kier molecular flexibility index (Phi) is 2.93. The van der Waals surface area contributed by atoms with Crippen molar-refractivity contribution in [3.8, 4) is 0 Å². The Labute approximate surface area is 118 Å². The predicted octanol–water partition coefficient (Wildman–Crippen LogP) is 3.63. The van der Waals surface area contributed by atoms with Crippen LogP contribution < -0.4 is 0 Å². The lowest BCUT2D eigenvalue weighted by Crippen LogP contribution is -2.02. The first-order valence-electron chi connectivity index (χ1n) is 5.97. The highest BCUT2D eigenvalue weighted by atomic mass is 32.1. The molecule has 0 saturated carbocycles. The van der Waals surface area contributed by atoms with Crippen LogP contribution >= 0.6 is 12.2 Å². The third-order valence-electron chi connectivity index (χ3n) is 3.19. The molecule has 0 radical (unpaired) electrons. The van der Waals surface area contributed by atoms with E-state index in [1.807, 2.05) is 6.92 Å². The highest BCUT2D eigenvalue weighted by Gasteiger charge is 2.16. The van der Waals surface area contributed by atoms with Gasteiger partial charge in [-0.05, 0) is 38.2 Å². The Morgan fingerprint density at radius 2 is 2.10 bits per heavy atom. The summed E-state index contributed by atoms with van der Waals surface area (Å²) in [6, 6.07) is 2.51. The number of aromatic nitrogens is 3. The van der Waals surface area contributed by atoms with E-state index in [9.17, 15) is 8.78 Å². The van der Waals surface area contributed by atoms with Crippen LogP contribution in [0.2, 0.25) is 0 Å². The molecule has 0 unspecified atom stereocenters. The Bertz CT molecular complexity index is 843. The number of rotatable bonds is 2. The zero-order valence-corrected chi connectivity index (χ0v) is 11.6. The average molecular weight is 295 g/mol. The third kappa shape index (κ3) is 1.94. The zero-order valence-electron chi connectivity index (χ0n) is 10.8. The van der Waals surface area contributed by atoms with Gasteiger partial charge >= 0.3 is 0 Å². The topological polar surface area (TPSA) is 46.8 Å². The van der Waals surface area contributed by atoms with Crippen molar-refractivity contribution in [1.82, 2.24) is 14.5 Å². The summed E-state index contributed by atoms with van der Waals surface area (Å²) in [5.41, 5.74) is 1.29. The van der Waals surface area contributed by atoms with Gasteiger partial charge in [-0.3, -0.25) is 0 Å². The number of oxazole rings is 1. The number of aromatic amines is 1. The van der Waals surface area contributed by atoms with Crippen LogP contribution in [0.25, 0.3) is 11.0 Å². The molecule has 0 aliphatic carbocycles. The number of hydrogen-bond donors (Lipinski definition) is 1. The lowest BCUT2D eigenvalue weighted by molar-refractivity contribution is 0.455. The SMILES string of the molecule is Cc1nc(Cn2c(=S)[nH]c3ccc(F)c(F)c32)oc1C. The minimum absolute atomic E-state index is 0.0866.